The van der Waals surface area contributed by atoms with Crippen molar-refractivity contribution in [2.24, 2.45) is 5.92 Å². The lowest BCUT2D eigenvalue weighted by Crippen LogP contribution is -2.40. The summed E-state index contributed by atoms with van der Waals surface area (Å²) in [7, 11) is 0. The number of carbonyl (C=O) groups is 1. The van der Waals surface area contributed by atoms with E-state index in [9.17, 15) is 4.79 Å². The highest BCUT2D eigenvalue weighted by Crippen LogP contribution is 2.31. The van der Waals surface area contributed by atoms with Gasteiger partial charge >= 0.3 is 0 Å². The van der Waals surface area contributed by atoms with Crippen LogP contribution in [0.25, 0.3) is 0 Å². The summed E-state index contributed by atoms with van der Waals surface area (Å²) in [4.78, 5) is 22.7. The lowest BCUT2D eigenvalue weighted by Gasteiger charge is -2.24. The van der Waals surface area contributed by atoms with E-state index in [1.807, 2.05) is 36.3 Å². The van der Waals surface area contributed by atoms with E-state index < -0.39 is 0 Å². The molecule has 1 aromatic heterocycles. The number of nitrogens with zero attached hydrogens (tertiary/aromatic N) is 3. The van der Waals surface area contributed by atoms with Gasteiger partial charge in [-0.05, 0) is 75.7 Å². The molecule has 33 heavy (non-hydrogen) atoms. The van der Waals surface area contributed by atoms with Gasteiger partial charge in [0.1, 0.15) is 0 Å². The molecule has 3 rings (SSSR count). The molecule has 5 nitrogen and oxygen atoms in total. The Balaban J connectivity index is 1.60. The van der Waals surface area contributed by atoms with Crippen LogP contribution in [0.2, 0.25) is 0 Å². The summed E-state index contributed by atoms with van der Waals surface area (Å²) in [6.45, 7) is 12.7. The van der Waals surface area contributed by atoms with Crippen LogP contribution in [-0.2, 0) is 4.79 Å². The summed E-state index contributed by atoms with van der Waals surface area (Å²) in [6, 6.07) is -0.0178. The van der Waals surface area contributed by atoms with Crippen molar-refractivity contribution in [1.29, 1.82) is 0 Å². The van der Waals surface area contributed by atoms with Gasteiger partial charge in [-0.25, -0.2) is 4.98 Å². The van der Waals surface area contributed by atoms with Gasteiger partial charge in [0.2, 0.25) is 5.91 Å². The fourth-order valence-corrected chi connectivity index (χ4v) is 5.40. The van der Waals surface area contributed by atoms with Crippen LogP contribution >= 0.6 is 23.3 Å². The topological polar surface area (TPSA) is 48.5 Å². The van der Waals surface area contributed by atoms with E-state index in [1.54, 1.807) is 23.6 Å². The van der Waals surface area contributed by atoms with Crippen LogP contribution in [0.5, 0.6) is 0 Å². The fourth-order valence-electron chi connectivity index (χ4n) is 4.24. The quantitative estimate of drug-likeness (QED) is 0.319. The second-order valence-corrected chi connectivity index (χ2v) is 9.86. The Morgan fingerprint density at radius 1 is 1.24 bits per heavy atom. The highest BCUT2D eigenvalue weighted by molar-refractivity contribution is 8.04. The van der Waals surface area contributed by atoms with Gasteiger partial charge in [-0.2, -0.15) is 0 Å². The summed E-state index contributed by atoms with van der Waals surface area (Å²) in [5.74, 6) is 0.702. The molecule has 2 saturated heterocycles. The maximum atomic E-state index is 13.2. The summed E-state index contributed by atoms with van der Waals surface area (Å²) in [5, 5.41) is 2.79. The smallest absolute Gasteiger partial charge is 0.244 e. The zero-order valence-corrected chi connectivity index (χ0v) is 21.4. The lowest BCUT2D eigenvalue weighted by molar-refractivity contribution is -0.130. The predicted octanol–water partition coefficient (Wildman–Crippen LogP) is 6.18. The molecule has 0 bridgehead atoms. The van der Waals surface area contributed by atoms with E-state index in [0.29, 0.717) is 5.92 Å². The van der Waals surface area contributed by atoms with Crippen LogP contribution < -0.4 is 4.72 Å². The molecule has 1 N–H and O–H groups in total. The average Bonchev–Trinajstić information content (AvgIpc) is 3.57. The van der Waals surface area contributed by atoms with Gasteiger partial charge in [0.15, 0.2) is 5.13 Å². The van der Waals surface area contributed by atoms with Gasteiger partial charge in [0.05, 0.1) is 6.04 Å². The van der Waals surface area contributed by atoms with E-state index >= 15 is 0 Å². The van der Waals surface area contributed by atoms with Gasteiger partial charge < -0.3 is 9.62 Å². The normalized spacial score (nSPS) is 23.4. The Labute approximate surface area is 206 Å². The minimum absolute atomic E-state index is 0.0178. The summed E-state index contributed by atoms with van der Waals surface area (Å²) in [5.41, 5.74) is 2.32. The Bertz CT molecular complexity index is 959. The average molecular weight is 483 g/mol. The summed E-state index contributed by atoms with van der Waals surface area (Å²) < 4.78 is 3.21. The van der Waals surface area contributed by atoms with Crippen molar-refractivity contribution in [2.75, 3.05) is 24.4 Å². The maximum Gasteiger partial charge on any atom is 0.244 e. The first kappa shape index (κ1) is 25.3. The van der Waals surface area contributed by atoms with Crippen LogP contribution in [0.4, 0.5) is 5.13 Å². The molecule has 2 aliphatic heterocycles. The molecule has 0 radical (unpaired) electrons. The number of carbonyl (C=O) groups excluding carboxylic acids is 1. The standard InChI is InChI=1S/C26H34N4OS2/c1-5-8-10-21(9-6-2)22-13-16-29(19-22)24-14-17-30(25(24)31)20(4)11-12-23(7-3)33-28-26-27-15-18-32-26/h5-12,15,18,22,24H,3,13-14,16-17,19H2,1-2,4H3,(H,27,28)/b8-5-,9-6-,20-11+,21-10+,23-12+. The molecular weight excluding hydrogens is 448 g/mol. The number of nitrogens with one attached hydrogen (secondary N) is 1. The van der Waals surface area contributed by atoms with Crippen molar-refractivity contribution in [3.05, 3.63) is 82.9 Å². The third-order valence-corrected chi connectivity index (χ3v) is 7.61. The molecule has 1 aromatic rings. The van der Waals surface area contributed by atoms with Crippen molar-refractivity contribution in [3.8, 4) is 0 Å². The molecule has 2 aliphatic rings. The molecule has 0 aliphatic carbocycles. The third-order valence-electron chi connectivity index (χ3n) is 5.95. The Kier molecular flexibility index (Phi) is 9.78. The zero-order valence-electron chi connectivity index (χ0n) is 19.7. The second-order valence-electron chi connectivity index (χ2n) is 8.09. The van der Waals surface area contributed by atoms with Crippen LogP contribution in [0.3, 0.4) is 0 Å². The lowest BCUT2D eigenvalue weighted by atomic mass is 9.97. The second kappa shape index (κ2) is 12.8. The molecule has 176 valence electrons. The maximum absolute atomic E-state index is 13.2. The van der Waals surface area contributed by atoms with E-state index in [2.05, 4.69) is 58.5 Å². The van der Waals surface area contributed by atoms with Gasteiger partial charge in [-0.3, -0.25) is 9.69 Å². The molecule has 3 heterocycles. The van der Waals surface area contributed by atoms with Crippen molar-refractivity contribution in [3.63, 3.8) is 0 Å². The van der Waals surface area contributed by atoms with Crippen molar-refractivity contribution < 1.29 is 4.79 Å². The van der Waals surface area contributed by atoms with E-state index in [0.717, 1.165) is 48.2 Å². The molecule has 1 amide bonds. The predicted molar refractivity (Wildman–Crippen MR) is 143 cm³/mol. The monoisotopic (exact) mass is 482 g/mol. The van der Waals surface area contributed by atoms with E-state index in [-0.39, 0.29) is 11.9 Å². The first-order valence-corrected chi connectivity index (χ1v) is 13.1. The highest BCUT2D eigenvalue weighted by atomic mass is 32.2. The minimum Gasteiger partial charge on any atom is -0.315 e. The van der Waals surface area contributed by atoms with Crippen LogP contribution in [0, 0.1) is 5.92 Å². The molecule has 2 unspecified atom stereocenters. The van der Waals surface area contributed by atoms with E-state index in [1.165, 1.54) is 17.5 Å². The number of hydrogen-bond donors (Lipinski definition) is 1. The molecule has 7 heteroatoms. The molecular formula is C26H34N4OS2. The van der Waals surface area contributed by atoms with Crippen LogP contribution in [0.1, 0.15) is 33.6 Å². The number of hydrogen-bond acceptors (Lipinski definition) is 6. The van der Waals surface area contributed by atoms with Gasteiger partial charge in [-0.15, -0.1) is 11.3 Å². The SMILES string of the molecule is C=C/C(=C\C=C(/C)N1CCC(N2CCC(C(/C=C\C)=C/C=C\C)C2)C1=O)SNc1nccs1. The van der Waals surface area contributed by atoms with Crippen molar-refractivity contribution in [1.82, 2.24) is 14.8 Å². The number of likely N-dealkylation sites (tertiary alicyclic amines) is 2. The van der Waals surface area contributed by atoms with E-state index in [4.69, 9.17) is 0 Å². The molecule has 0 spiro atoms. The summed E-state index contributed by atoms with van der Waals surface area (Å²) >= 11 is 3.02. The Morgan fingerprint density at radius 2 is 2.09 bits per heavy atom. The van der Waals surface area contributed by atoms with Gasteiger partial charge in [-0.1, -0.05) is 43.0 Å². The zero-order chi connectivity index (χ0) is 23.6. The number of anilines is 1. The summed E-state index contributed by atoms with van der Waals surface area (Å²) in [6.07, 6.45) is 20.2. The molecule has 2 fully saturated rings. The number of aromatic nitrogens is 1. The largest absolute Gasteiger partial charge is 0.315 e. The van der Waals surface area contributed by atoms with Crippen LogP contribution in [-0.4, -0.2) is 46.4 Å². The van der Waals surface area contributed by atoms with Crippen molar-refractivity contribution in [2.45, 2.75) is 39.7 Å². The van der Waals surface area contributed by atoms with Gasteiger partial charge in [0, 0.05) is 35.3 Å². The third kappa shape index (κ3) is 6.82. The molecule has 2 atom stereocenters. The van der Waals surface area contributed by atoms with Crippen molar-refractivity contribution >= 4 is 34.3 Å². The highest BCUT2D eigenvalue weighted by Gasteiger charge is 2.39. The Hall–Kier alpha value is -2.35. The number of rotatable bonds is 10. The van der Waals surface area contributed by atoms with Crippen LogP contribution in [0.15, 0.2) is 82.9 Å². The van der Waals surface area contributed by atoms with Gasteiger partial charge in [0.25, 0.3) is 0 Å². The number of thiazole rings is 1. The molecule has 0 aromatic carbocycles. The number of amides is 1. The Morgan fingerprint density at radius 3 is 2.79 bits per heavy atom. The number of allylic oxidation sites excluding steroid dienone is 9. The molecule has 0 saturated carbocycles. The fraction of sp³-hybridized carbons (Fsp3) is 0.385. The minimum atomic E-state index is -0.0178. The first-order valence-electron chi connectivity index (χ1n) is 11.4. The first-order chi connectivity index (χ1) is 16.1.